The predicted molar refractivity (Wildman–Crippen MR) is 77.9 cm³/mol. The van der Waals surface area contributed by atoms with Crippen molar-refractivity contribution in [2.45, 2.75) is 39.0 Å². The van der Waals surface area contributed by atoms with Gasteiger partial charge in [0.15, 0.2) is 0 Å². The molecule has 0 saturated carbocycles. The summed E-state index contributed by atoms with van der Waals surface area (Å²) in [4.78, 5) is 12.6. The van der Waals surface area contributed by atoms with Crippen molar-refractivity contribution < 1.29 is 9.53 Å². The topological polar surface area (TPSA) is 52.3 Å². The van der Waals surface area contributed by atoms with Gasteiger partial charge in [0.25, 0.3) is 0 Å². The van der Waals surface area contributed by atoms with E-state index in [9.17, 15) is 4.79 Å². The van der Waals surface area contributed by atoms with Gasteiger partial charge in [-0.1, -0.05) is 57.0 Å². The lowest BCUT2D eigenvalue weighted by atomic mass is 9.68. The first-order valence-electron chi connectivity index (χ1n) is 7.10. The van der Waals surface area contributed by atoms with Gasteiger partial charge in [0.1, 0.15) is 5.41 Å². The molecule has 1 atom stereocenters. The van der Waals surface area contributed by atoms with Gasteiger partial charge in [-0.2, -0.15) is 0 Å². The molecule has 1 unspecified atom stereocenters. The molecule has 1 aromatic carbocycles. The first-order chi connectivity index (χ1) is 9.17. The highest BCUT2D eigenvalue weighted by Crippen LogP contribution is 2.37. The van der Waals surface area contributed by atoms with Crippen molar-refractivity contribution in [3.05, 3.63) is 35.9 Å². The summed E-state index contributed by atoms with van der Waals surface area (Å²) >= 11 is 0. The third-order valence-corrected chi connectivity index (χ3v) is 3.93. The summed E-state index contributed by atoms with van der Waals surface area (Å²) in [5, 5.41) is 0. The SMILES string of the molecule is CCOC(=O)C(CN)(c1ccccc1)C(CC)CC. The Morgan fingerprint density at radius 1 is 1.21 bits per heavy atom. The summed E-state index contributed by atoms with van der Waals surface area (Å²) in [6, 6.07) is 9.79. The number of hydrogen-bond acceptors (Lipinski definition) is 3. The molecule has 0 saturated heterocycles. The van der Waals surface area contributed by atoms with Crippen LogP contribution in [0.15, 0.2) is 30.3 Å². The molecule has 0 fully saturated rings. The van der Waals surface area contributed by atoms with Crippen LogP contribution in [0.25, 0.3) is 0 Å². The number of carbonyl (C=O) groups is 1. The maximum atomic E-state index is 12.6. The molecule has 3 nitrogen and oxygen atoms in total. The largest absolute Gasteiger partial charge is 0.465 e. The molecule has 0 aliphatic heterocycles. The number of rotatable bonds is 7. The Morgan fingerprint density at radius 2 is 1.79 bits per heavy atom. The highest BCUT2D eigenvalue weighted by atomic mass is 16.5. The highest BCUT2D eigenvalue weighted by Gasteiger charge is 2.45. The first kappa shape index (κ1) is 15.7. The van der Waals surface area contributed by atoms with E-state index in [1.165, 1.54) is 0 Å². The Labute approximate surface area is 116 Å². The number of benzene rings is 1. The molecule has 0 aliphatic carbocycles. The van der Waals surface area contributed by atoms with Crippen LogP contribution in [0.1, 0.15) is 39.2 Å². The number of hydrogen-bond donors (Lipinski definition) is 1. The first-order valence-corrected chi connectivity index (χ1v) is 7.10. The molecular formula is C16H25NO2. The molecule has 1 rings (SSSR count). The summed E-state index contributed by atoms with van der Waals surface area (Å²) < 4.78 is 5.32. The lowest BCUT2D eigenvalue weighted by molar-refractivity contribution is -0.152. The van der Waals surface area contributed by atoms with Gasteiger partial charge in [0.05, 0.1) is 6.61 Å². The van der Waals surface area contributed by atoms with Gasteiger partial charge in [-0.15, -0.1) is 0 Å². The Kier molecular flexibility index (Phi) is 6.03. The minimum Gasteiger partial charge on any atom is -0.465 e. The second-order valence-corrected chi connectivity index (χ2v) is 4.78. The second kappa shape index (κ2) is 7.29. The smallest absolute Gasteiger partial charge is 0.318 e. The van der Waals surface area contributed by atoms with Gasteiger partial charge < -0.3 is 10.5 Å². The molecule has 0 amide bonds. The molecular weight excluding hydrogens is 238 g/mol. The highest BCUT2D eigenvalue weighted by molar-refractivity contribution is 5.84. The molecule has 0 bridgehead atoms. The molecule has 19 heavy (non-hydrogen) atoms. The van der Waals surface area contributed by atoms with Crippen LogP contribution in [0, 0.1) is 5.92 Å². The Bertz CT molecular complexity index is 387. The average molecular weight is 263 g/mol. The lowest BCUT2D eigenvalue weighted by Crippen LogP contribution is -2.49. The third kappa shape index (κ3) is 2.98. The van der Waals surface area contributed by atoms with Crippen LogP contribution < -0.4 is 5.73 Å². The molecule has 0 aromatic heterocycles. The quantitative estimate of drug-likeness (QED) is 0.770. The number of nitrogens with two attached hydrogens (primary N) is 1. The monoisotopic (exact) mass is 263 g/mol. The van der Waals surface area contributed by atoms with Gasteiger partial charge in [-0.05, 0) is 18.4 Å². The Balaban J connectivity index is 3.32. The van der Waals surface area contributed by atoms with E-state index in [-0.39, 0.29) is 18.4 Å². The van der Waals surface area contributed by atoms with E-state index >= 15 is 0 Å². The number of carbonyl (C=O) groups excluding carboxylic acids is 1. The van der Waals surface area contributed by atoms with Gasteiger partial charge >= 0.3 is 5.97 Å². The molecule has 0 radical (unpaired) electrons. The van der Waals surface area contributed by atoms with Crippen LogP contribution in [-0.4, -0.2) is 19.1 Å². The predicted octanol–water partition coefficient (Wildman–Crippen LogP) is 2.88. The fourth-order valence-corrected chi connectivity index (χ4v) is 2.87. The molecule has 106 valence electrons. The standard InChI is InChI=1S/C16H25NO2/c1-4-13(5-2)16(12-17,15(18)19-6-3)14-10-8-7-9-11-14/h7-11,13H,4-6,12,17H2,1-3H3. The number of esters is 1. The van der Waals surface area contributed by atoms with Gasteiger partial charge in [-0.25, -0.2) is 0 Å². The third-order valence-electron chi connectivity index (χ3n) is 3.93. The van der Waals surface area contributed by atoms with Gasteiger partial charge in [-0.3, -0.25) is 4.79 Å². The van der Waals surface area contributed by atoms with E-state index in [1.54, 1.807) is 0 Å². The maximum absolute atomic E-state index is 12.6. The van der Waals surface area contributed by atoms with Crippen LogP contribution in [0.3, 0.4) is 0 Å². The van der Waals surface area contributed by atoms with Crippen molar-refractivity contribution in [2.24, 2.45) is 11.7 Å². The van der Waals surface area contributed by atoms with E-state index in [2.05, 4.69) is 13.8 Å². The zero-order chi connectivity index (χ0) is 14.3. The van der Waals surface area contributed by atoms with E-state index in [0.29, 0.717) is 6.61 Å². The van der Waals surface area contributed by atoms with E-state index in [0.717, 1.165) is 18.4 Å². The van der Waals surface area contributed by atoms with Crippen molar-refractivity contribution in [1.29, 1.82) is 0 Å². The minimum absolute atomic E-state index is 0.193. The van der Waals surface area contributed by atoms with Crippen LogP contribution in [0.4, 0.5) is 0 Å². The van der Waals surface area contributed by atoms with Gasteiger partial charge in [0, 0.05) is 6.54 Å². The molecule has 0 aliphatic rings. The van der Waals surface area contributed by atoms with Crippen molar-refractivity contribution in [2.75, 3.05) is 13.2 Å². The van der Waals surface area contributed by atoms with E-state index in [4.69, 9.17) is 10.5 Å². The summed E-state index contributed by atoms with van der Waals surface area (Å²) in [6.07, 6.45) is 1.81. The molecule has 1 aromatic rings. The summed E-state index contributed by atoms with van der Waals surface area (Å²) in [5.41, 5.74) is 6.26. The van der Waals surface area contributed by atoms with Crippen LogP contribution in [0.2, 0.25) is 0 Å². The fraction of sp³-hybridized carbons (Fsp3) is 0.562. The van der Waals surface area contributed by atoms with Crippen LogP contribution in [-0.2, 0) is 14.9 Å². The molecule has 2 N–H and O–H groups in total. The zero-order valence-electron chi connectivity index (χ0n) is 12.2. The summed E-state index contributed by atoms with van der Waals surface area (Å²) in [5.74, 6) is -0.00338. The van der Waals surface area contributed by atoms with Crippen LogP contribution >= 0.6 is 0 Å². The van der Waals surface area contributed by atoms with Gasteiger partial charge in [0.2, 0.25) is 0 Å². The summed E-state index contributed by atoms with van der Waals surface area (Å²) in [6.45, 7) is 6.69. The van der Waals surface area contributed by atoms with E-state index in [1.807, 2.05) is 37.3 Å². The second-order valence-electron chi connectivity index (χ2n) is 4.78. The number of ether oxygens (including phenoxy) is 1. The normalized spacial score (nSPS) is 14.2. The van der Waals surface area contributed by atoms with Crippen molar-refractivity contribution in [3.8, 4) is 0 Å². The zero-order valence-corrected chi connectivity index (χ0v) is 12.2. The van der Waals surface area contributed by atoms with Crippen molar-refractivity contribution in [1.82, 2.24) is 0 Å². The minimum atomic E-state index is -0.721. The summed E-state index contributed by atoms with van der Waals surface area (Å²) in [7, 11) is 0. The molecule has 3 heteroatoms. The Hall–Kier alpha value is -1.35. The Morgan fingerprint density at radius 3 is 2.21 bits per heavy atom. The maximum Gasteiger partial charge on any atom is 0.318 e. The van der Waals surface area contributed by atoms with Crippen molar-refractivity contribution >= 4 is 5.97 Å². The lowest BCUT2D eigenvalue weighted by Gasteiger charge is -2.37. The van der Waals surface area contributed by atoms with Crippen LogP contribution in [0.5, 0.6) is 0 Å². The van der Waals surface area contributed by atoms with Crippen molar-refractivity contribution in [3.63, 3.8) is 0 Å². The fourth-order valence-electron chi connectivity index (χ4n) is 2.87. The average Bonchev–Trinajstić information content (AvgIpc) is 2.46. The van der Waals surface area contributed by atoms with E-state index < -0.39 is 5.41 Å². The molecule has 0 heterocycles. The molecule has 0 spiro atoms.